The number of unbranched alkanes of at least 4 members (excludes halogenated alkanes) is 12. The minimum Gasteiger partial charge on any atom is -0.484 e. The Balaban J connectivity index is 0.906. The Morgan fingerprint density at radius 2 is 1.20 bits per heavy atom. The van der Waals surface area contributed by atoms with Crippen molar-refractivity contribution in [2.24, 2.45) is 29.4 Å². The van der Waals surface area contributed by atoms with E-state index in [0.29, 0.717) is 64.0 Å². The number of aromatic nitrogens is 1. The number of anilines is 1. The number of Topliss-reactive ketones (excluding diaryl/α,β-unsaturated/α-hetero) is 3. The molecule has 3 aliphatic carbocycles. The van der Waals surface area contributed by atoms with Gasteiger partial charge in [-0.3, -0.25) is 33.3 Å². The van der Waals surface area contributed by atoms with Crippen LogP contribution in [0.5, 0.6) is 5.75 Å². The van der Waals surface area contributed by atoms with Gasteiger partial charge in [-0.15, -0.1) is 0 Å². The van der Waals surface area contributed by atoms with Gasteiger partial charge in [-0.05, 0) is 152 Å². The van der Waals surface area contributed by atoms with Crippen molar-refractivity contribution in [1.29, 1.82) is 0 Å². The fourth-order valence-corrected chi connectivity index (χ4v) is 13.8. The summed E-state index contributed by atoms with van der Waals surface area (Å²) in [4.78, 5) is 113. The molecule has 22 nitrogen and oxygen atoms in total. The van der Waals surface area contributed by atoms with Crippen LogP contribution in [0.1, 0.15) is 198 Å². The van der Waals surface area contributed by atoms with E-state index in [9.17, 15) is 43.9 Å². The van der Waals surface area contributed by atoms with E-state index in [4.69, 9.17) is 35.8 Å². The Bertz CT molecular complexity index is 3440. The number of carbonyl (C=O) groups excluding carboxylic acids is 6. The molecule has 1 saturated heterocycles. The lowest BCUT2D eigenvalue weighted by atomic mass is 9.51. The summed E-state index contributed by atoms with van der Waals surface area (Å²) < 4.78 is 23.4. The number of likely N-dealkylation sites (N-methyl/N-ethyl adjacent to an activating group) is 1. The van der Waals surface area contributed by atoms with Crippen molar-refractivity contribution in [3.63, 3.8) is 0 Å². The van der Waals surface area contributed by atoms with Crippen LogP contribution in [0.15, 0.2) is 91.9 Å². The number of fused-ring (bicyclic) bond motifs is 1. The Hall–Kier alpha value is -7.85. The number of hydrogen-bond acceptors (Lipinski definition) is 16. The average molecular weight is 1310 g/mol. The lowest BCUT2D eigenvalue weighted by molar-refractivity contribution is -0.144. The molecular weight excluding hydrogens is 1210 g/mol. The van der Waals surface area contributed by atoms with Crippen LogP contribution in [0.3, 0.4) is 0 Å². The summed E-state index contributed by atoms with van der Waals surface area (Å²) in [6.07, 6.45) is 18.0. The minimum atomic E-state index is -0.929. The summed E-state index contributed by atoms with van der Waals surface area (Å²) in [6.45, 7) is 2.66. The molecule has 1 fully saturated rings. The molecule has 22 heteroatoms. The lowest BCUT2D eigenvalue weighted by Crippen LogP contribution is -2.48. The Morgan fingerprint density at radius 3 is 1.80 bits per heavy atom. The van der Waals surface area contributed by atoms with Gasteiger partial charge in [0.05, 0.1) is 36.8 Å². The highest BCUT2D eigenvalue weighted by molar-refractivity contribution is 5.92. The zero-order chi connectivity index (χ0) is 67.7. The molecule has 0 radical (unpaired) electrons. The number of rotatable bonds is 44. The zero-order valence-electron chi connectivity index (χ0n) is 55.7. The third-order valence-corrected chi connectivity index (χ3v) is 18.9. The number of carbonyl (C=O) groups is 6. The summed E-state index contributed by atoms with van der Waals surface area (Å²) in [5.41, 5.74) is 33.9. The minimum absolute atomic E-state index is 0.00640. The molecule has 9 rings (SSSR count). The Morgan fingerprint density at radius 1 is 0.653 bits per heavy atom. The third kappa shape index (κ3) is 19.7. The first-order valence-electron chi connectivity index (χ1n) is 34.5. The number of nitrogens with two attached hydrogens (primary N) is 3. The molecule has 1 aliphatic heterocycles. The first-order chi connectivity index (χ1) is 46.1. The fourth-order valence-electron chi connectivity index (χ4n) is 13.8. The van der Waals surface area contributed by atoms with Crippen molar-refractivity contribution in [2.75, 3.05) is 78.1 Å². The van der Waals surface area contributed by atoms with Crippen molar-refractivity contribution >= 4 is 51.7 Å². The first-order valence-corrected chi connectivity index (χ1v) is 34.5. The standard InChI is InChI=1S/C73H98N10O12/c1-81(70(89)66-46-53(79-80-77)48-83(66)68(88)49-94-57-26-30-61-65(47-57)82(2)72(91)95-71(61)90)36-38-93-40-39-92-37-18-21-54(84)31-32-73-62-43-50(41-55(85)19-12-6-3-9-15-33-74)23-27-58(62)69(59-28-24-51(44-63(59)73)42-56(86)20-13-7-4-10-16-34-75)60-29-25-52(45-64(60)73)78-67(87)22-14-8-5-11-17-35-76/h23-30,43-45,47,53,66,69H,3-22,31-42,46,48-49,74-76H2,1-2H3,(H,78,87)/t53-,66-,69?,73?/m0/s1. The molecule has 4 aromatic carbocycles. The lowest BCUT2D eigenvalue weighted by Gasteiger charge is -2.51. The average Bonchev–Trinajstić information content (AvgIpc) is 0.953. The molecule has 2 atom stereocenters. The summed E-state index contributed by atoms with van der Waals surface area (Å²) >= 11 is 0. The molecule has 0 spiro atoms. The van der Waals surface area contributed by atoms with Crippen molar-refractivity contribution in [3.05, 3.63) is 149 Å². The number of nitrogens with one attached hydrogen (secondary N) is 1. The van der Waals surface area contributed by atoms with Crippen LogP contribution in [-0.2, 0) is 63.5 Å². The first kappa shape index (κ1) is 73.0. The highest BCUT2D eigenvalue weighted by Crippen LogP contribution is 2.61. The predicted molar refractivity (Wildman–Crippen MR) is 365 cm³/mol. The maximum atomic E-state index is 14.4. The van der Waals surface area contributed by atoms with E-state index in [1.807, 2.05) is 6.07 Å². The molecule has 3 amide bonds. The van der Waals surface area contributed by atoms with Gasteiger partial charge < -0.3 is 50.9 Å². The summed E-state index contributed by atoms with van der Waals surface area (Å²) in [6, 6.07) is 21.9. The van der Waals surface area contributed by atoms with Crippen molar-refractivity contribution in [3.8, 4) is 5.75 Å². The number of nitrogens with zero attached hydrogens (tertiary/aromatic N) is 6. The van der Waals surface area contributed by atoms with Gasteiger partial charge in [-0.2, -0.15) is 0 Å². The zero-order valence-corrected chi connectivity index (χ0v) is 55.7. The van der Waals surface area contributed by atoms with E-state index >= 15 is 0 Å². The van der Waals surface area contributed by atoms with Gasteiger partial charge in [0.15, 0.2) is 6.61 Å². The normalized spacial score (nSPS) is 16.6. The molecule has 0 unspecified atom stereocenters. The van der Waals surface area contributed by atoms with E-state index in [0.717, 1.165) is 145 Å². The topological polar surface area (TPSA) is 328 Å². The van der Waals surface area contributed by atoms with Crippen molar-refractivity contribution < 1.29 is 47.4 Å². The quantitative estimate of drug-likeness (QED) is 0.0122. The number of amides is 3. The Kier molecular flexibility index (Phi) is 28.3. The molecule has 2 heterocycles. The SMILES string of the molecule is CN(CCOCCOCCCC(=O)CCC12c3cc(CC(=O)CCCCCCCN)ccc3C(c3ccc(CC(=O)CCCCCCCN)cc31)c1ccc(NC(=O)CCCCCCCN)cc12)C(=O)[C@@H]1C[C@H](N=[N+]=[N-])CN1C(=O)COc1ccc2c(=O)oc(=O)n(C)c2c1. The number of likely N-dealkylation sites (tertiary alicyclic amines) is 1. The van der Waals surface area contributed by atoms with Gasteiger partial charge in [0.25, 0.3) is 5.91 Å². The van der Waals surface area contributed by atoms with E-state index in [1.165, 1.54) is 35.0 Å². The van der Waals surface area contributed by atoms with Crippen LogP contribution >= 0.6 is 0 Å². The molecule has 4 aliphatic rings. The van der Waals surface area contributed by atoms with Crippen LogP contribution < -0.4 is 38.6 Å². The maximum Gasteiger partial charge on any atom is 0.422 e. The van der Waals surface area contributed by atoms with Crippen LogP contribution in [0.4, 0.5) is 5.69 Å². The number of aryl methyl sites for hydroxylation is 1. The van der Waals surface area contributed by atoms with E-state index in [2.05, 4.69) is 63.9 Å². The number of ether oxygens (including phenoxy) is 3. The van der Waals surface area contributed by atoms with E-state index in [-0.39, 0.29) is 117 Å². The van der Waals surface area contributed by atoms with Gasteiger partial charge in [-0.1, -0.05) is 105 Å². The maximum absolute atomic E-state index is 14.4. The number of benzene rings is 4. The monoisotopic (exact) mass is 1310 g/mol. The second kappa shape index (κ2) is 36.9. The van der Waals surface area contributed by atoms with Crippen LogP contribution in [0, 0.1) is 0 Å². The molecule has 1 aromatic heterocycles. The van der Waals surface area contributed by atoms with Crippen LogP contribution in [-0.4, -0.2) is 134 Å². The summed E-state index contributed by atoms with van der Waals surface area (Å²) in [5.74, 6) is -1.33. The number of ketones is 3. The van der Waals surface area contributed by atoms with E-state index in [1.54, 1.807) is 7.05 Å². The van der Waals surface area contributed by atoms with Crippen molar-refractivity contribution in [2.45, 2.75) is 184 Å². The Labute approximate surface area is 557 Å². The molecule has 2 bridgehead atoms. The largest absolute Gasteiger partial charge is 0.484 e. The molecule has 512 valence electrons. The summed E-state index contributed by atoms with van der Waals surface area (Å²) in [7, 11) is 3.04. The second-order valence-electron chi connectivity index (χ2n) is 25.8. The molecule has 5 aromatic rings. The van der Waals surface area contributed by atoms with E-state index < -0.39 is 41.4 Å². The van der Waals surface area contributed by atoms with Gasteiger partial charge in [0, 0.05) is 107 Å². The highest BCUT2D eigenvalue weighted by Gasteiger charge is 2.52. The number of azide groups is 1. The molecule has 95 heavy (non-hydrogen) atoms. The van der Waals surface area contributed by atoms with Gasteiger partial charge >= 0.3 is 11.4 Å². The molecule has 7 N–H and O–H groups in total. The highest BCUT2D eigenvalue weighted by atomic mass is 16.5. The third-order valence-electron chi connectivity index (χ3n) is 18.9. The van der Waals surface area contributed by atoms with Crippen LogP contribution in [0.25, 0.3) is 21.3 Å². The van der Waals surface area contributed by atoms with Gasteiger partial charge in [0.1, 0.15) is 29.1 Å². The predicted octanol–water partition coefficient (Wildman–Crippen LogP) is 9.67. The van der Waals surface area contributed by atoms with Crippen molar-refractivity contribution in [1.82, 2.24) is 14.4 Å². The smallest absolute Gasteiger partial charge is 0.422 e. The number of hydrogen-bond donors (Lipinski definition) is 4. The molecular formula is C73H98N10O12. The van der Waals surface area contributed by atoms with Crippen LogP contribution in [0.2, 0.25) is 0 Å². The van der Waals surface area contributed by atoms with Gasteiger partial charge in [0.2, 0.25) is 11.8 Å². The molecule has 0 saturated carbocycles. The fraction of sp³-hybridized carbons (Fsp3) is 0.562. The van der Waals surface area contributed by atoms with Gasteiger partial charge in [-0.25, -0.2) is 9.59 Å². The summed E-state index contributed by atoms with van der Waals surface area (Å²) in [5, 5.41) is 7.17. The second-order valence-corrected chi connectivity index (χ2v) is 25.8.